The van der Waals surface area contributed by atoms with Crippen LogP contribution >= 0.6 is 11.6 Å². The van der Waals surface area contributed by atoms with Crippen molar-refractivity contribution in [2.75, 3.05) is 36.0 Å². The number of nitrogens with zero attached hydrogens (tertiary/aromatic N) is 7. The third-order valence-electron chi connectivity index (χ3n) is 4.10. The molecule has 0 amide bonds. The van der Waals surface area contributed by atoms with Gasteiger partial charge in [-0.3, -0.25) is 4.98 Å². The second-order valence-electron chi connectivity index (χ2n) is 5.69. The molecule has 4 heterocycles. The summed E-state index contributed by atoms with van der Waals surface area (Å²) in [7, 11) is 0. The fraction of sp³-hybridized carbons (Fsp3) is 0.235. The minimum atomic E-state index is 0.548. The lowest BCUT2D eigenvalue weighted by atomic mass is 10.2. The van der Waals surface area contributed by atoms with Crippen LogP contribution in [0.2, 0.25) is 5.02 Å². The van der Waals surface area contributed by atoms with Crippen LogP contribution in [0.5, 0.6) is 0 Å². The fourth-order valence-corrected chi connectivity index (χ4v) is 2.86. The third-order valence-corrected chi connectivity index (χ3v) is 4.30. The highest BCUT2D eigenvalue weighted by molar-refractivity contribution is 6.30. The summed E-state index contributed by atoms with van der Waals surface area (Å²) >= 11 is 5.84. The van der Waals surface area contributed by atoms with Gasteiger partial charge in [0, 0.05) is 44.1 Å². The number of pyridine rings is 1. The predicted octanol–water partition coefficient (Wildman–Crippen LogP) is 2.31. The SMILES string of the molecule is Clc1cnc(N2CCN(c3ccc(-c4cccnc4)nn3)CC2)nc1. The Labute approximate surface area is 150 Å². The summed E-state index contributed by atoms with van der Waals surface area (Å²) in [5, 5.41) is 9.24. The van der Waals surface area contributed by atoms with Gasteiger partial charge in [-0.2, -0.15) is 0 Å². The first-order valence-corrected chi connectivity index (χ1v) is 8.39. The quantitative estimate of drug-likeness (QED) is 0.715. The van der Waals surface area contributed by atoms with E-state index in [4.69, 9.17) is 11.6 Å². The van der Waals surface area contributed by atoms with Crippen LogP contribution in [0.4, 0.5) is 11.8 Å². The first-order chi connectivity index (χ1) is 12.3. The van der Waals surface area contributed by atoms with Crippen LogP contribution in [0, 0.1) is 0 Å². The molecule has 0 bridgehead atoms. The summed E-state index contributed by atoms with van der Waals surface area (Å²) < 4.78 is 0. The van der Waals surface area contributed by atoms with E-state index >= 15 is 0 Å². The average Bonchev–Trinajstić information content (AvgIpc) is 2.70. The molecular formula is C17H16ClN7. The molecule has 1 aliphatic heterocycles. The number of halogens is 1. The van der Waals surface area contributed by atoms with E-state index in [0.717, 1.165) is 43.3 Å². The van der Waals surface area contributed by atoms with Crippen molar-refractivity contribution in [3.63, 3.8) is 0 Å². The van der Waals surface area contributed by atoms with Gasteiger partial charge in [0.15, 0.2) is 5.82 Å². The summed E-state index contributed by atoms with van der Waals surface area (Å²) in [5.74, 6) is 1.59. The van der Waals surface area contributed by atoms with Crippen molar-refractivity contribution in [3.8, 4) is 11.3 Å². The first-order valence-electron chi connectivity index (χ1n) is 8.01. The Morgan fingerprint density at radius 2 is 1.60 bits per heavy atom. The van der Waals surface area contributed by atoms with Crippen molar-refractivity contribution >= 4 is 23.4 Å². The van der Waals surface area contributed by atoms with Crippen LogP contribution < -0.4 is 9.80 Å². The topological polar surface area (TPSA) is 70.9 Å². The van der Waals surface area contributed by atoms with Gasteiger partial charge < -0.3 is 9.80 Å². The molecule has 0 unspecified atom stereocenters. The van der Waals surface area contributed by atoms with Gasteiger partial charge in [0.05, 0.1) is 23.1 Å². The largest absolute Gasteiger partial charge is 0.352 e. The molecule has 25 heavy (non-hydrogen) atoms. The molecular weight excluding hydrogens is 338 g/mol. The Hall–Kier alpha value is -2.80. The Morgan fingerprint density at radius 1 is 0.840 bits per heavy atom. The number of rotatable bonds is 3. The average molecular weight is 354 g/mol. The molecule has 0 aliphatic carbocycles. The van der Waals surface area contributed by atoms with E-state index in [2.05, 4.69) is 34.9 Å². The lowest BCUT2D eigenvalue weighted by molar-refractivity contribution is 0.631. The van der Waals surface area contributed by atoms with Gasteiger partial charge in [-0.25, -0.2) is 9.97 Å². The molecule has 7 nitrogen and oxygen atoms in total. The van der Waals surface area contributed by atoms with Gasteiger partial charge in [-0.05, 0) is 24.3 Å². The highest BCUT2D eigenvalue weighted by Gasteiger charge is 2.20. The zero-order chi connectivity index (χ0) is 17.1. The van der Waals surface area contributed by atoms with Gasteiger partial charge in [0.25, 0.3) is 0 Å². The molecule has 1 saturated heterocycles. The molecule has 1 fully saturated rings. The van der Waals surface area contributed by atoms with Crippen LogP contribution in [0.15, 0.2) is 49.1 Å². The molecule has 0 spiro atoms. The highest BCUT2D eigenvalue weighted by Crippen LogP contribution is 2.19. The highest BCUT2D eigenvalue weighted by atomic mass is 35.5. The van der Waals surface area contributed by atoms with Crippen molar-refractivity contribution in [1.82, 2.24) is 25.1 Å². The van der Waals surface area contributed by atoms with E-state index in [0.29, 0.717) is 11.0 Å². The van der Waals surface area contributed by atoms with Crippen molar-refractivity contribution < 1.29 is 0 Å². The molecule has 4 rings (SSSR count). The summed E-state index contributed by atoms with van der Waals surface area (Å²) in [6, 6.07) is 7.85. The van der Waals surface area contributed by atoms with Crippen molar-refractivity contribution in [3.05, 3.63) is 54.1 Å². The lowest BCUT2D eigenvalue weighted by Crippen LogP contribution is -2.47. The summed E-state index contributed by atoms with van der Waals surface area (Å²) in [6.45, 7) is 3.33. The second-order valence-corrected chi connectivity index (χ2v) is 6.13. The van der Waals surface area contributed by atoms with Gasteiger partial charge in [0.2, 0.25) is 5.95 Å². The maximum absolute atomic E-state index is 5.84. The molecule has 8 heteroatoms. The number of aromatic nitrogens is 5. The lowest BCUT2D eigenvalue weighted by Gasteiger charge is -2.35. The zero-order valence-electron chi connectivity index (χ0n) is 13.5. The van der Waals surface area contributed by atoms with Gasteiger partial charge in [-0.1, -0.05) is 11.6 Å². The summed E-state index contributed by atoms with van der Waals surface area (Å²) in [5.41, 5.74) is 1.79. The third kappa shape index (κ3) is 3.51. The van der Waals surface area contributed by atoms with Crippen LogP contribution in [-0.4, -0.2) is 51.3 Å². The number of hydrogen-bond acceptors (Lipinski definition) is 7. The normalized spacial score (nSPS) is 14.6. The monoisotopic (exact) mass is 353 g/mol. The minimum Gasteiger partial charge on any atom is -0.352 e. The van der Waals surface area contributed by atoms with Crippen molar-refractivity contribution in [2.45, 2.75) is 0 Å². The molecule has 3 aromatic rings. The molecule has 126 valence electrons. The maximum atomic E-state index is 5.84. The van der Waals surface area contributed by atoms with E-state index in [1.54, 1.807) is 24.8 Å². The van der Waals surface area contributed by atoms with Gasteiger partial charge in [0.1, 0.15) is 0 Å². The maximum Gasteiger partial charge on any atom is 0.225 e. The van der Waals surface area contributed by atoms with Gasteiger partial charge in [-0.15, -0.1) is 10.2 Å². The standard InChI is InChI=1S/C17H16ClN7/c18-14-11-20-17(21-12-14)25-8-6-24(7-9-25)16-4-3-15(22-23-16)13-2-1-5-19-10-13/h1-5,10-12H,6-9H2. The van der Waals surface area contributed by atoms with Gasteiger partial charge >= 0.3 is 0 Å². The summed E-state index contributed by atoms with van der Waals surface area (Å²) in [6.07, 6.45) is 6.78. The minimum absolute atomic E-state index is 0.548. The zero-order valence-corrected chi connectivity index (χ0v) is 14.2. The number of hydrogen-bond donors (Lipinski definition) is 0. The second kappa shape index (κ2) is 6.98. The van der Waals surface area contributed by atoms with Crippen LogP contribution in [-0.2, 0) is 0 Å². The van der Waals surface area contributed by atoms with E-state index in [1.165, 1.54) is 0 Å². The first kappa shape index (κ1) is 15.7. The molecule has 0 atom stereocenters. The predicted molar refractivity (Wildman–Crippen MR) is 96.7 cm³/mol. The molecule has 0 saturated carbocycles. The Balaban J connectivity index is 1.41. The summed E-state index contributed by atoms with van der Waals surface area (Å²) in [4.78, 5) is 17.0. The Bertz CT molecular complexity index is 816. The molecule has 0 radical (unpaired) electrons. The smallest absolute Gasteiger partial charge is 0.225 e. The van der Waals surface area contributed by atoms with Crippen LogP contribution in [0.3, 0.4) is 0 Å². The molecule has 1 aliphatic rings. The van der Waals surface area contributed by atoms with E-state index < -0.39 is 0 Å². The molecule has 3 aromatic heterocycles. The van der Waals surface area contributed by atoms with E-state index in [-0.39, 0.29) is 0 Å². The number of piperazine rings is 1. The fourth-order valence-electron chi connectivity index (χ4n) is 2.77. The van der Waals surface area contributed by atoms with E-state index in [1.807, 2.05) is 24.3 Å². The van der Waals surface area contributed by atoms with Crippen LogP contribution in [0.1, 0.15) is 0 Å². The van der Waals surface area contributed by atoms with Crippen molar-refractivity contribution in [2.24, 2.45) is 0 Å². The molecule has 0 aromatic carbocycles. The Morgan fingerprint density at radius 3 is 2.24 bits per heavy atom. The van der Waals surface area contributed by atoms with Crippen LogP contribution in [0.25, 0.3) is 11.3 Å². The van der Waals surface area contributed by atoms with Crippen molar-refractivity contribution in [1.29, 1.82) is 0 Å². The Kier molecular flexibility index (Phi) is 4.39. The number of anilines is 2. The molecule has 0 N–H and O–H groups in total. The van der Waals surface area contributed by atoms with E-state index in [9.17, 15) is 0 Å².